The highest BCUT2D eigenvalue weighted by Crippen LogP contribution is 2.27. The molecule has 2 rings (SSSR count). The van der Waals surface area contributed by atoms with Gasteiger partial charge in [0.05, 0.1) is 6.61 Å². The highest BCUT2D eigenvalue weighted by atomic mass is 16.5. The van der Waals surface area contributed by atoms with E-state index >= 15 is 0 Å². The first-order valence-electron chi connectivity index (χ1n) is 7.89. The molecule has 2 aliphatic heterocycles. The SMILES string of the molecule is CCCCOCCN1C(=O)C2CCCN2C(=O)C1CC. The second kappa shape index (κ2) is 7.07. The molecule has 0 saturated carbocycles. The van der Waals surface area contributed by atoms with Crippen LogP contribution in [0.5, 0.6) is 0 Å². The number of carbonyl (C=O) groups is 2. The molecule has 114 valence electrons. The van der Waals surface area contributed by atoms with E-state index in [1.54, 1.807) is 9.80 Å². The summed E-state index contributed by atoms with van der Waals surface area (Å²) in [6.45, 7) is 6.64. The van der Waals surface area contributed by atoms with Crippen molar-refractivity contribution in [3.63, 3.8) is 0 Å². The Morgan fingerprint density at radius 3 is 2.70 bits per heavy atom. The van der Waals surface area contributed by atoms with Crippen LogP contribution in [0, 0.1) is 0 Å². The molecule has 0 aromatic carbocycles. The number of carbonyl (C=O) groups excluding carboxylic acids is 2. The first kappa shape index (κ1) is 15.3. The number of fused-ring (bicyclic) bond motifs is 1. The van der Waals surface area contributed by atoms with Crippen molar-refractivity contribution in [2.75, 3.05) is 26.3 Å². The fourth-order valence-electron chi connectivity index (χ4n) is 3.13. The van der Waals surface area contributed by atoms with Crippen molar-refractivity contribution in [1.82, 2.24) is 9.80 Å². The van der Waals surface area contributed by atoms with Crippen molar-refractivity contribution >= 4 is 11.8 Å². The molecule has 2 heterocycles. The van der Waals surface area contributed by atoms with E-state index in [1.165, 1.54) is 0 Å². The van der Waals surface area contributed by atoms with E-state index in [0.717, 1.165) is 38.8 Å². The van der Waals surface area contributed by atoms with Gasteiger partial charge in [-0.05, 0) is 25.7 Å². The number of ether oxygens (including phenoxy) is 1. The summed E-state index contributed by atoms with van der Waals surface area (Å²) < 4.78 is 5.55. The monoisotopic (exact) mass is 282 g/mol. The molecule has 2 amide bonds. The molecule has 0 aliphatic carbocycles. The Morgan fingerprint density at radius 2 is 2.00 bits per heavy atom. The molecule has 0 N–H and O–H groups in total. The molecule has 2 unspecified atom stereocenters. The number of hydrogen-bond acceptors (Lipinski definition) is 3. The summed E-state index contributed by atoms with van der Waals surface area (Å²) in [7, 11) is 0. The lowest BCUT2D eigenvalue weighted by Gasteiger charge is -2.42. The van der Waals surface area contributed by atoms with Crippen LogP contribution in [0.3, 0.4) is 0 Å². The average molecular weight is 282 g/mol. The fraction of sp³-hybridized carbons (Fsp3) is 0.867. The van der Waals surface area contributed by atoms with Crippen molar-refractivity contribution in [3.8, 4) is 0 Å². The highest BCUT2D eigenvalue weighted by Gasteiger charge is 2.46. The van der Waals surface area contributed by atoms with Gasteiger partial charge in [-0.1, -0.05) is 20.3 Å². The quantitative estimate of drug-likeness (QED) is 0.664. The topological polar surface area (TPSA) is 49.9 Å². The molecule has 2 atom stereocenters. The minimum atomic E-state index is -0.286. The van der Waals surface area contributed by atoms with E-state index in [1.807, 2.05) is 6.92 Å². The van der Waals surface area contributed by atoms with Crippen LogP contribution in [0.4, 0.5) is 0 Å². The summed E-state index contributed by atoms with van der Waals surface area (Å²) in [5.74, 6) is 0.246. The van der Waals surface area contributed by atoms with Gasteiger partial charge in [0.25, 0.3) is 0 Å². The number of rotatable bonds is 7. The van der Waals surface area contributed by atoms with Crippen molar-refractivity contribution in [2.24, 2.45) is 0 Å². The summed E-state index contributed by atoms with van der Waals surface area (Å²) in [5.41, 5.74) is 0. The van der Waals surface area contributed by atoms with Crippen molar-refractivity contribution in [2.45, 2.75) is 58.0 Å². The predicted molar refractivity (Wildman–Crippen MR) is 76.3 cm³/mol. The molecule has 0 aromatic rings. The third kappa shape index (κ3) is 2.97. The molecule has 0 aromatic heterocycles. The van der Waals surface area contributed by atoms with Gasteiger partial charge >= 0.3 is 0 Å². The molecule has 0 spiro atoms. The molecule has 2 saturated heterocycles. The minimum Gasteiger partial charge on any atom is -0.380 e. The fourth-order valence-corrected chi connectivity index (χ4v) is 3.13. The van der Waals surface area contributed by atoms with Crippen molar-refractivity contribution in [3.05, 3.63) is 0 Å². The third-order valence-corrected chi connectivity index (χ3v) is 4.27. The van der Waals surface area contributed by atoms with Crippen LogP contribution in [0.25, 0.3) is 0 Å². The van der Waals surface area contributed by atoms with Crippen molar-refractivity contribution < 1.29 is 14.3 Å². The lowest BCUT2D eigenvalue weighted by molar-refractivity contribution is -0.160. The largest absolute Gasteiger partial charge is 0.380 e. The minimum absolute atomic E-state index is 0.119. The Balaban J connectivity index is 1.94. The lowest BCUT2D eigenvalue weighted by atomic mass is 10.0. The van der Waals surface area contributed by atoms with Gasteiger partial charge in [0.15, 0.2) is 0 Å². The van der Waals surface area contributed by atoms with Crippen LogP contribution in [-0.2, 0) is 14.3 Å². The summed E-state index contributed by atoms with van der Waals surface area (Å²) >= 11 is 0. The van der Waals surface area contributed by atoms with E-state index in [2.05, 4.69) is 6.92 Å². The van der Waals surface area contributed by atoms with E-state index in [0.29, 0.717) is 19.6 Å². The van der Waals surface area contributed by atoms with Crippen LogP contribution in [0.15, 0.2) is 0 Å². The average Bonchev–Trinajstić information content (AvgIpc) is 2.93. The van der Waals surface area contributed by atoms with Gasteiger partial charge in [0, 0.05) is 19.7 Å². The molecule has 5 nitrogen and oxygen atoms in total. The van der Waals surface area contributed by atoms with E-state index < -0.39 is 0 Å². The van der Waals surface area contributed by atoms with Crippen LogP contribution >= 0.6 is 0 Å². The Kier molecular flexibility index (Phi) is 5.40. The molecule has 2 aliphatic rings. The van der Waals surface area contributed by atoms with Crippen LogP contribution in [0.1, 0.15) is 46.0 Å². The first-order chi connectivity index (χ1) is 9.70. The van der Waals surface area contributed by atoms with E-state index in [4.69, 9.17) is 4.74 Å². The number of nitrogens with zero attached hydrogens (tertiary/aromatic N) is 2. The smallest absolute Gasteiger partial charge is 0.246 e. The number of piperazine rings is 1. The zero-order valence-electron chi connectivity index (χ0n) is 12.6. The van der Waals surface area contributed by atoms with Crippen LogP contribution in [0.2, 0.25) is 0 Å². The predicted octanol–water partition coefficient (Wildman–Crippen LogP) is 1.41. The molecule has 20 heavy (non-hydrogen) atoms. The summed E-state index contributed by atoms with van der Waals surface area (Å²) in [4.78, 5) is 28.5. The maximum absolute atomic E-state index is 12.5. The Bertz CT molecular complexity index is 359. The second-order valence-corrected chi connectivity index (χ2v) is 5.61. The lowest BCUT2D eigenvalue weighted by Crippen LogP contribution is -2.63. The van der Waals surface area contributed by atoms with Gasteiger partial charge in [-0.2, -0.15) is 0 Å². The zero-order valence-corrected chi connectivity index (χ0v) is 12.6. The van der Waals surface area contributed by atoms with Crippen LogP contribution in [-0.4, -0.2) is 60.0 Å². The molecular formula is C15H26N2O3. The number of hydrogen-bond donors (Lipinski definition) is 0. The third-order valence-electron chi connectivity index (χ3n) is 4.27. The molecule has 5 heteroatoms. The van der Waals surface area contributed by atoms with E-state index in [-0.39, 0.29) is 23.9 Å². The Labute approximate surface area is 121 Å². The summed E-state index contributed by atoms with van der Waals surface area (Å²) in [5, 5.41) is 0. The maximum atomic E-state index is 12.5. The van der Waals surface area contributed by atoms with E-state index in [9.17, 15) is 9.59 Å². The normalized spacial score (nSPS) is 26.3. The number of amides is 2. The van der Waals surface area contributed by atoms with Gasteiger partial charge in [0.1, 0.15) is 12.1 Å². The molecule has 0 radical (unpaired) electrons. The Morgan fingerprint density at radius 1 is 1.20 bits per heavy atom. The second-order valence-electron chi connectivity index (χ2n) is 5.61. The van der Waals surface area contributed by atoms with Crippen LogP contribution < -0.4 is 0 Å². The van der Waals surface area contributed by atoms with Gasteiger partial charge in [-0.3, -0.25) is 9.59 Å². The van der Waals surface area contributed by atoms with Gasteiger partial charge in [-0.25, -0.2) is 0 Å². The molecule has 0 bridgehead atoms. The molecular weight excluding hydrogens is 256 g/mol. The number of unbranched alkanes of at least 4 members (excludes halogenated alkanes) is 1. The van der Waals surface area contributed by atoms with Crippen molar-refractivity contribution in [1.29, 1.82) is 0 Å². The maximum Gasteiger partial charge on any atom is 0.246 e. The van der Waals surface area contributed by atoms with Gasteiger partial charge in [0.2, 0.25) is 11.8 Å². The first-order valence-corrected chi connectivity index (χ1v) is 7.89. The molecule has 2 fully saturated rings. The van der Waals surface area contributed by atoms with Gasteiger partial charge in [-0.15, -0.1) is 0 Å². The summed E-state index contributed by atoms with van der Waals surface area (Å²) in [6.07, 6.45) is 4.59. The zero-order chi connectivity index (χ0) is 14.5. The Hall–Kier alpha value is -1.10. The van der Waals surface area contributed by atoms with Gasteiger partial charge < -0.3 is 14.5 Å². The highest BCUT2D eigenvalue weighted by molar-refractivity contribution is 5.97. The summed E-state index contributed by atoms with van der Waals surface area (Å²) in [6, 6.07) is -0.493. The standard InChI is InChI=1S/C15H26N2O3/c1-3-5-10-20-11-9-17-12(4-2)14(18)16-8-6-7-13(16)15(17)19/h12-13H,3-11H2,1-2H3.